The fraction of sp³-hybridized carbons (Fsp3) is 0.412. The van der Waals surface area contributed by atoms with Gasteiger partial charge in [-0.1, -0.05) is 30.9 Å². The zero-order chi connectivity index (χ0) is 14.6. The molecular weight excluding hydrogens is 248 g/mol. The summed E-state index contributed by atoms with van der Waals surface area (Å²) in [6, 6.07) is 8.01. The molecule has 3 nitrogen and oxygen atoms in total. The number of carbonyl (C=O) groups excluding carboxylic acids is 1. The van der Waals surface area contributed by atoms with E-state index in [1.807, 2.05) is 49.0 Å². The van der Waals surface area contributed by atoms with Gasteiger partial charge in [-0.15, -0.1) is 10.1 Å². The molecule has 0 atom stereocenters. The first-order chi connectivity index (χ1) is 9.53. The quantitative estimate of drug-likeness (QED) is 0.649. The standard InChI is InChI=1S/C17H20N2O/c1-4-5-6-9-14-10-7-8-11-15(14)13-19-17(2,3)12-16(20)18-19/h7-8,10-11,13H,4-5,12H2,1-3H3/p+1/b19-13-. The number of hydrogen-bond donors (Lipinski definition) is 1. The maximum atomic E-state index is 11.6. The average Bonchev–Trinajstić information content (AvgIpc) is 2.64. The van der Waals surface area contributed by atoms with Crippen molar-refractivity contribution >= 4 is 12.1 Å². The molecule has 1 aromatic carbocycles. The molecule has 0 radical (unpaired) electrons. The number of carbonyl (C=O) groups is 1. The summed E-state index contributed by atoms with van der Waals surface area (Å²) >= 11 is 0. The zero-order valence-electron chi connectivity index (χ0n) is 12.4. The zero-order valence-corrected chi connectivity index (χ0v) is 12.4. The van der Waals surface area contributed by atoms with Gasteiger partial charge in [0.15, 0.2) is 5.54 Å². The van der Waals surface area contributed by atoms with Crippen molar-refractivity contribution in [3.8, 4) is 11.8 Å². The van der Waals surface area contributed by atoms with E-state index in [4.69, 9.17) is 0 Å². The van der Waals surface area contributed by atoms with E-state index in [0.29, 0.717) is 6.42 Å². The maximum Gasteiger partial charge on any atom is 0.281 e. The number of nitrogens with one attached hydrogen (secondary N) is 1. The lowest BCUT2D eigenvalue weighted by Crippen LogP contribution is -2.36. The second-order valence-corrected chi connectivity index (χ2v) is 5.66. The molecule has 2 rings (SSSR count). The Morgan fingerprint density at radius 1 is 1.40 bits per heavy atom. The number of hydrogen-bond acceptors (Lipinski definition) is 1. The molecule has 0 aliphatic carbocycles. The molecule has 1 aromatic rings. The van der Waals surface area contributed by atoms with Crippen LogP contribution in [0.4, 0.5) is 0 Å². The highest BCUT2D eigenvalue weighted by Crippen LogP contribution is 2.18. The summed E-state index contributed by atoms with van der Waals surface area (Å²) in [6.45, 7) is 6.22. The van der Waals surface area contributed by atoms with Crippen LogP contribution in [0, 0.1) is 11.8 Å². The predicted octanol–water partition coefficient (Wildman–Crippen LogP) is 2.48. The Balaban J connectivity index is 2.35. The Morgan fingerprint density at radius 3 is 2.80 bits per heavy atom. The number of benzene rings is 1. The fourth-order valence-corrected chi connectivity index (χ4v) is 2.16. The summed E-state index contributed by atoms with van der Waals surface area (Å²) in [6.07, 6.45) is 4.45. The van der Waals surface area contributed by atoms with Crippen LogP contribution < -0.4 is 5.43 Å². The molecule has 1 saturated heterocycles. The topological polar surface area (TPSA) is 32.1 Å². The summed E-state index contributed by atoms with van der Waals surface area (Å²) in [5.41, 5.74) is 4.70. The first kappa shape index (κ1) is 14.3. The van der Waals surface area contributed by atoms with Crippen LogP contribution in [0.25, 0.3) is 0 Å². The molecule has 1 aliphatic heterocycles. The smallest absolute Gasteiger partial charge is 0.269 e. The third kappa shape index (κ3) is 3.27. The van der Waals surface area contributed by atoms with Crippen molar-refractivity contribution in [3.05, 3.63) is 35.4 Å². The molecule has 1 fully saturated rings. The van der Waals surface area contributed by atoms with Gasteiger partial charge in [0.25, 0.3) is 5.91 Å². The molecule has 1 amide bonds. The van der Waals surface area contributed by atoms with Crippen LogP contribution in [0.2, 0.25) is 0 Å². The Kier molecular flexibility index (Phi) is 4.24. The molecule has 104 valence electrons. The van der Waals surface area contributed by atoms with Crippen molar-refractivity contribution in [1.82, 2.24) is 5.43 Å². The molecule has 0 aromatic heterocycles. The predicted molar refractivity (Wildman–Crippen MR) is 80.5 cm³/mol. The number of rotatable bonds is 2. The number of hydrazine groups is 1. The molecule has 1 aliphatic rings. The van der Waals surface area contributed by atoms with Crippen LogP contribution >= 0.6 is 0 Å². The summed E-state index contributed by atoms with van der Waals surface area (Å²) in [5.74, 6) is 6.43. The van der Waals surface area contributed by atoms with Gasteiger partial charge >= 0.3 is 0 Å². The summed E-state index contributed by atoms with van der Waals surface area (Å²) in [7, 11) is 0. The molecule has 20 heavy (non-hydrogen) atoms. The Morgan fingerprint density at radius 2 is 2.15 bits per heavy atom. The van der Waals surface area contributed by atoms with E-state index < -0.39 is 0 Å². The number of nitrogens with zero attached hydrogens (tertiary/aromatic N) is 1. The van der Waals surface area contributed by atoms with Gasteiger partial charge in [-0.25, -0.2) is 0 Å². The van der Waals surface area contributed by atoms with E-state index in [2.05, 4.69) is 24.2 Å². The molecule has 0 saturated carbocycles. The lowest BCUT2D eigenvalue weighted by Gasteiger charge is -2.10. The van der Waals surface area contributed by atoms with E-state index in [9.17, 15) is 4.79 Å². The van der Waals surface area contributed by atoms with E-state index in [1.54, 1.807) is 0 Å². The van der Waals surface area contributed by atoms with Crippen LogP contribution in [-0.2, 0) is 4.79 Å². The van der Waals surface area contributed by atoms with Crippen molar-refractivity contribution in [2.75, 3.05) is 0 Å². The van der Waals surface area contributed by atoms with E-state index in [0.717, 1.165) is 24.0 Å². The summed E-state index contributed by atoms with van der Waals surface area (Å²) in [4.78, 5) is 11.6. The number of unbranched alkanes of at least 4 members (excludes halogenated alkanes) is 1. The SMILES string of the molecule is CCCC#Cc1ccccc1/C=[N+]1\NC(=O)CC1(C)C. The highest BCUT2D eigenvalue weighted by molar-refractivity contribution is 5.83. The van der Waals surface area contributed by atoms with Gasteiger partial charge in [-0.2, -0.15) is 0 Å². The highest BCUT2D eigenvalue weighted by Gasteiger charge is 2.42. The first-order valence-corrected chi connectivity index (χ1v) is 7.04. The second kappa shape index (κ2) is 5.92. The number of hydrazone groups is 1. The van der Waals surface area contributed by atoms with Crippen LogP contribution in [0.15, 0.2) is 24.3 Å². The van der Waals surface area contributed by atoms with Gasteiger partial charge in [-0.05, 0) is 18.6 Å². The maximum absolute atomic E-state index is 11.6. The molecule has 3 heteroatoms. The van der Waals surface area contributed by atoms with Crippen molar-refractivity contribution in [2.24, 2.45) is 0 Å². The average molecular weight is 269 g/mol. The van der Waals surface area contributed by atoms with Crippen LogP contribution in [0.1, 0.15) is 51.2 Å². The van der Waals surface area contributed by atoms with Gasteiger partial charge in [0.2, 0.25) is 6.21 Å². The lowest BCUT2D eigenvalue weighted by molar-refractivity contribution is -0.620. The van der Waals surface area contributed by atoms with Crippen LogP contribution in [0.3, 0.4) is 0 Å². The third-order valence-corrected chi connectivity index (χ3v) is 3.32. The molecular formula is C17H21N2O+. The van der Waals surface area contributed by atoms with E-state index in [-0.39, 0.29) is 11.4 Å². The first-order valence-electron chi connectivity index (χ1n) is 7.04. The van der Waals surface area contributed by atoms with Crippen molar-refractivity contribution in [1.29, 1.82) is 0 Å². The van der Waals surface area contributed by atoms with Crippen LogP contribution in [-0.4, -0.2) is 22.3 Å². The second-order valence-electron chi connectivity index (χ2n) is 5.66. The van der Waals surface area contributed by atoms with Gasteiger partial charge < -0.3 is 0 Å². The van der Waals surface area contributed by atoms with Gasteiger partial charge in [-0.3, -0.25) is 4.79 Å². The Hall–Kier alpha value is -2.08. The van der Waals surface area contributed by atoms with E-state index in [1.165, 1.54) is 0 Å². The fourth-order valence-electron chi connectivity index (χ4n) is 2.16. The summed E-state index contributed by atoms with van der Waals surface area (Å²) in [5, 5.41) is 0. The van der Waals surface area contributed by atoms with E-state index >= 15 is 0 Å². The lowest BCUT2D eigenvalue weighted by atomic mass is 10.0. The number of amides is 1. The molecule has 0 unspecified atom stereocenters. The minimum atomic E-state index is -0.207. The molecule has 0 bridgehead atoms. The van der Waals surface area contributed by atoms with Crippen LogP contribution in [0.5, 0.6) is 0 Å². The summed E-state index contributed by atoms with van der Waals surface area (Å²) < 4.78 is 1.88. The van der Waals surface area contributed by atoms with Crippen molar-refractivity contribution < 1.29 is 9.48 Å². The minimum absolute atomic E-state index is 0.0563. The third-order valence-electron chi connectivity index (χ3n) is 3.32. The molecule has 1 heterocycles. The Labute approximate surface area is 120 Å². The monoisotopic (exact) mass is 269 g/mol. The van der Waals surface area contributed by atoms with Gasteiger partial charge in [0, 0.05) is 25.8 Å². The normalized spacial score (nSPS) is 18.6. The molecule has 0 spiro atoms. The highest BCUT2D eigenvalue weighted by atomic mass is 16.2. The largest absolute Gasteiger partial charge is 0.281 e. The van der Waals surface area contributed by atoms with Crippen molar-refractivity contribution in [2.45, 2.75) is 45.6 Å². The Bertz CT molecular complexity index is 603. The van der Waals surface area contributed by atoms with Crippen molar-refractivity contribution in [3.63, 3.8) is 0 Å². The van der Waals surface area contributed by atoms with Gasteiger partial charge in [0.05, 0.1) is 12.0 Å². The van der Waals surface area contributed by atoms with Gasteiger partial charge in [0.1, 0.15) is 0 Å². The molecule has 1 N–H and O–H groups in total. The minimum Gasteiger partial charge on any atom is -0.269 e.